The molecule has 8 atom stereocenters. The Kier molecular flexibility index (Phi) is 7.85. The molecule has 2 saturated heterocycles. The summed E-state index contributed by atoms with van der Waals surface area (Å²) in [6.45, 7) is -0.964. The van der Waals surface area contributed by atoms with E-state index in [0.717, 1.165) is 6.07 Å². The van der Waals surface area contributed by atoms with Gasteiger partial charge < -0.3 is 63.8 Å². The monoisotopic (exact) mass is 564 g/mol. The molecule has 14 nitrogen and oxygen atoms in total. The molecule has 40 heavy (non-hydrogen) atoms. The van der Waals surface area contributed by atoms with Gasteiger partial charge in [0.05, 0.1) is 20.3 Å². The molecule has 0 unspecified atom stereocenters. The second-order valence-electron chi connectivity index (χ2n) is 9.36. The van der Waals surface area contributed by atoms with Gasteiger partial charge in [-0.15, -0.1) is 0 Å². The van der Waals surface area contributed by atoms with Gasteiger partial charge >= 0.3 is 0 Å². The Labute approximate surface area is 225 Å². The molecule has 14 heteroatoms. The predicted molar refractivity (Wildman–Crippen MR) is 133 cm³/mol. The third kappa shape index (κ3) is 5.18. The Hall–Kier alpha value is -3.47. The zero-order valence-electron chi connectivity index (χ0n) is 21.0. The summed E-state index contributed by atoms with van der Waals surface area (Å²) in [5.41, 5.74) is -0.230. The van der Waals surface area contributed by atoms with E-state index in [1.807, 2.05) is 0 Å². The Morgan fingerprint density at radius 1 is 0.950 bits per heavy atom. The van der Waals surface area contributed by atoms with Crippen molar-refractivity contribution in [2.75, 3.05) is 20.3 Å². The summed E-state index contributed by atoms with van der Waals surface area (Å²) >= 11 is 0. The smallest absolute Gasteiger partial charge is 0.229 e. The molecule has 216 valence electrons. The van der Waals surface area contributed by atoms with E-state index >= 15 is 0 Å². The molecule has 2 aromatic carbocycles. The first-order valence-electron chi connectivity index (χ1n) is 12.2. The Balaban J connectivity index is 1.45. The number of aromatic hydroxyl groups is 2. The van der Waals surface area contributed by atoms with Crippen LogP contribution >= 0.6 is 0 Å². The van der Waals surface area contributed by atoms with E-state index in [0.29, 0.717) is 5.56 Å². The maximum Gasteiger partial charge on any atom is 0.229 e. The molecule has 5 rings (SSSR count). The van der Waals surface area contributed by atoms with E-state index in [4.69, 9.17) is 28.1 Å². The number of hydrogen-bond donors (Lipinski definition) is 7. The molecule has 2 aliphatic heterocycles. The van der Waals surface area contributed by atoms with Crippen molar-refractivity contribution in [3.63, 3.8) is 0 Å². The molecule has 0 aliphatic carbocycles. The maximum atomic E-state index is 12.8. The fourth-order valence-electron chi connectivity index (χ4n) is 4.56. The topological polar surface area (TPSA) is 218 Å². The second kappa shape index (κ2) is 11.2. The minimum atomic E-state index is -1.58. The fourth-order valence-corrected chi connectivity index (χ4v) is 4.56. The van der Waals surface area contributed by atoms with Gasteiger partial charge in [0.15, 0.2) is 29.3 Å². The number of benzene rings is 2. The summed E-state index contributed by atoms with van der Waals surface area (Å²) in [4.78, 5) is 12.8. The number of aliphatic hydroxyl groups excluding tert-OH is 5. The summed E-state index contributed by atoms with van der Waals surface area (Å²) in [6, 6.07) is 7.91. The van der Waals surface area contributed by atoms with Crippen LogP contribution in [-0.2, 0) is 14.2 Å². The Morgan fingerprint density at radius 2 is 1.73 bits per heavy atom. The fraction of sp³-hybridized carbons (Fsp3) is 0.423. The number of methoxy groups -OCH3 is 1. The second-order valence-corrected chi connectivity index (χ2v) is 9.36. The summed E-state index contributed by atoms with van der Waals surface area (Å²) in [7, 11) is 1.37. The molecule has 3 heterocycles. The van der Waals surface area contributed by atoms with E-state index in [-0.39, 0.29) is 40.6 Å². The van der Waals surface area contributed by atoms with Gasteiger partial charge in [0.1, 0.15) is 58.7 Å². The first-order chi connectivity index (χ1) is 19.1. The molecule has 3 aromatic rings. The third-order valence-corrected chi connectivity index (χ3v) is 6.72. The van der Waals surface area contributed by atoms with Crippen molar-refractivity contribution in [1.29, 1.82) is 0 Å². The van der Waals surface area contributed by atoms with E-state index in [1.54, 1.807) is 0 Å². The number of hydrogen-bond acceptors (Lipinski definition) is 14. The summed E-state index contributed by atoms with van der Waals surface area (Å²) < 4.78 is 33.2. The van der Waals surface area contributed by atoms with Crippen LogP contribution < -0.4 is 14.9 Å². The van der Waals surface area contributed by atoms with Crippen LogP contribution in [0.2, 0.25) is 0 Å². The van der Waals surface area contributed by atoms with Crippen molar-refractivity contribution in [3.05, 3.63) is 46.6 Å². The minimum Gasteiger partial charge on any atom is -0.507 e. The van der Waals surface area contributed by atoms with Gasteiger partial charge in [-0.1, -0.05) is 0 Å². The van der Waals surface area contributed by atoms with Crippen molar-refractivity contribution in [2.45, 2.75) is 49.2 Å². The number of ether oxygens (including phenoxy) is 5. The largest absolute Gasteiger partial charge is 0.507 e. The first-order valence-corrected chi connectivity index (χ1v) is 12.2. The molecule has 0 radical (unpaired) electrons. The quantitative estimate of drug-likeness (QED) is 0.186. The van der Waals surface area contributed by atoms with Crippen LogP contribution in [0.15, 0.2) is 45.6 Å². The molecule has 0 bridgehead atoms. The van der Waals surface area contributed by atoms with Crippen molar-refractivity contribution in [1.82, 2.24) is 0 Å². The lowest BCUT2D eigenvalue weighted by Crippen LogP contribution is -2.57. The van der Waals surface area contributed by atoms with E-state index in [2.05, 4.69) is 0 Å². The summed E-state index contributed by atoms with van der Waals surface area (Å²) in [6.07, 6.45) is -11.6. The highest BCUT2D eigenvalue weighted by atomic mass is 16.8. The number of fused-ring (bicyclic) bond motifs is 1. The van der Waals surface area contributed by atoms with Crippen LogP contribution in [0.1, 0.15) is 0 Å². The van der Waals surface area contributed by atoms with E-state index in [9.17, 15) is 40.5 Å². The minimum absolute atomic E-state index is 0.0677. The number of rotatable bonds is 7. The van der Waals surface area contributed by atoms with Crippen molar-refractivity contribution in [2.24, 2.45) is 0 Å². The lowest BCUT2D eigenvalue weighted by molar-refractivity contribution is -0.300. The molecule has 0 saturated carbocycles. The SMILES string of the molecule is COc1cc(-c2cc(=O)c3c(O)cc(O[C@@H]4OC[C@@H](O)[C@H](O)[C@H]4O[C@@H]4O[C@H](CO)[C@@H](O)[C@@H]4O)cc3o2)ccc1O. The molecule has 7 N–H and O–H groups in total. The van der Waals surface area contributed by atoms with Gasteiger partial charge in [0.25, 0.3) is 0 Å². The van der Waals surface area contributed by atoms with Gasteiger partial charge in [-0.2, -0.15) is 0 Å². The number of aliphatic hydroxyl groups is 5. The highest BCUT2D eigenvalue weighted by Gasteiger charge is 2.49. The normalized spacial score (nSPS) is 30.4. The lowest BCUT2D eigenvalue weighted by atomic mass is 10.0. The Morgan fingerprint density at radius 3 is 2.42 bits per heavy atom. The van der Waals surface area contributed by atoms with Crippen LogP contribution in [0.25, 0.3) is 22.3 Å². The van der Waals surface area contributed by atoms with Crippen LogP contribution in [0.4, 0.5) is 0 Å². The summed E-state index contributed by atoms with van der Waals surface area (Å²) in [5.74, 6) is -0.414. The molecule has 0 spiro atoms. The van der Waals surface area contributed by atoms with Crippen molar-refractivity contribution in [3.8, 4) is 34.3 Å². The molecule has 2 fully saturated rings. The van der Waals surface area contributed by atoms with E-state index in [1.165, 1.54) is 37.4 Å². The molecular weight excluding hydrogens is 536 g/mol. The molecular formula is C26H28O14. The highest BCUT2D eigenvalue weighted by molar-refractivity contribution is 5.86. The van der Waals surface area contributed by atoms with Gasteiger partial charge in [-0.25, -0.2) is 0 Å². The van der Waals surface area contributed by atoms with Gasteiger partial charge in [-0.3, -0.25) is 4.79 Å². The van der Waals surface area contributed by atoms with Gasteiger partial charge in [0.2, 0.25) is 6.29 Å². The number of phenols is 2. The first kappa shape index (κ1) is 28.1. The van der Waals surface area contributed by atoms with Crippen molar-refractivity contribution < 1.29 is 63.8 Å². The van der Waals surface area contributed by atoms with Crippen molar-refractivity contribution >= 4 is 11.0 Å². The van der Waals surface area contributed by atoms with Crippen LogP contribution in [0, 0.1) is 0 Å². The van der Waals surface area contributed by atoms with Gasteiger partial charge in [0, 0.05) is 23.8 Å². The standard InChI is InChI=1S/C26H28O14/c1-35-17-4-10(2-3-12(17)28)16-7-14(30)20-13(29)5-11(6-18(20)38-16)37-26-24(21(32)15(31)9-36-26)40-25-23(34)22(33)19(8-27)39-25/h2-7,15,19,21-29,31-34H,8-9H2,1H3/t15-,19-,21+,22-,23+,24-,25+,26+/m1/s1. The average Bonchev–Trinajstić information content (AvgIpc) is 3.20. The molecule has 1 aromatic heterocycles. The number of phenolic OH excluding ortho intramolecular Hbond substituents is 2. The summed E-state index contributed by atoms with van der Waals surface area (Å²) in [5, 5.41) is 70.6. The molecule has 0 amide bonds. The van der Waals surface area contributed by atoms with Crippen LogP contribution in [0.3, 0.4) is 0 Å². The van der Waals surface area contributed by atoms with E-state index < -0.39 is 67.0 Å². The highest BCUT2D eigenvalue weighted by Crippen LogP contribution is 2.36. The third-order valence-electron chi connectivity index (χ3n) is 6.72. The van der Waals surface area contributed by atoms with Crippen LogP contribution in [-0.4, -0.2) is 105 Å². The molecule has 2 aliphatic rings. The Bertz CT molecular complexity index is 1420. The maximum absolute atomic E-state index is 12.8. The van der Waals surface area contributed by atoms with Gasteiger partial charge in [-0.05, 0) is 18.2 Å². The zero-order chi connectivity index (χ0) is 28.7. The zero-order valence-corrected chi connectivity index (χ0v) is 21.0. The van der Waals surface area contributed by atoms with Crippen LogP contribution in [0.5, 0.6) is 23.0 Å². The lowest BCUT2D eigenvalue weighted by Gasteiger charge is -2.39. The average molecular weight is 564 g/mol. The predicted octanol–water partition coefficient (Wildman–Crippen LogP) is -0.839.